The standard InChI is InChI=1S/C20H32N4O7.2C2H6/c1-3-15(25)21-11-13-23(14-12-22-16(26)4-2)17(27)7-5-6-8-20(30)31-24-18(28)9-10-19(24)29;2*1-2/h3-14H2,1-2H3,(H,21,25)(H,22,26);2*1-2H3. The van der Waals surface area contributed by atoms with Gasteiger partial charge in [0.25, 0.3) is 11.8 Å². The van der Waals surface area contributed by atoms with E-state index in [9.17, 15) is 28.8 Å². The number of unbranched alkanes of at least 4 members (excludes halogenated alkanes) is 1. The van der Waals surface area contributed by atoms with Gasteiger partial charge in [0.1, 0.15) is 0 Å². The second-order valence-corrected chi connectivity index (χ2v) is 7.04. The van der Waals surface area contributed by atoms with Crippen LogP contribution in [0.5, 0.6) is 0 Å². The summed E-state index contributed by atoms with van der Waals surface area (Å²) in [5, 5.41) is 5.93. The summed E-state index contributed by atoms with van der Waals surface area (Å²) in [6.45, 7) is 12.7. The van der Waals surface area contributed by atoms with Gasteiger partial charge in [0, 0.05) is 64.7 Å². The van der Waals surface area contributed by atoms with E-state index in [2.05, 4.69) is 10.6 Å². The molecule has 2 N–H and O–H groups in total. The number of carbonyl (C=O) groups excluding carboxylic acids is 6. The molecule has 1 aliphatic heterocycles. The van der Waals surface area contributed by atoms with Crippen LogP contribution in [-0.2, 0) is 33.6 Å². The lowest BCUT2D eigenvalue weighted by Gasteiger charge is -2.23. The molecular formula is C24H44N4O7. The quantitative estimate of drug-likeness (QED) is 0.275. The Morgan fingerprint density at radius 1 is 0.800 bits per heavy atom. The maximum atomic E-state index is 12.5. The number of carbonyl (C=O) groups is 6. The fraction of sp³-hybridized carbons (Fsp3) is 0.750. The Kier molecular flexibility index (Phi) is 21.0. The lowest BCUT2D eigenvalue weighted by molar-refractivity contribution is -0.197. The van der Waals surface area contributed by atoms with Gasteiger partial charge in [0.2, 0.25) is 17.7 Å². The number of hydrogen-bond donors (Lipinski definition) is 2. The zero-order chi connectivity index (χ0) is 27.2. The van der Waals surface area contributed by atoms with Gasteiger partial charge in [0.05, 0.1) is 0 Å². The predicted molar refractivity (Wildman–Crippen MR) is 132 cm³/mol. The highest BCUT2D eigenvalue weighted by Crippen LogP contribution is 2.13. The molecule has 11 heteroatoms. The van der Waals surface area contributed by atoms with Gasteiger partial charge in [-0.3, -0.25) is 24.0 Å². The Labute approximate surface area is 209 Å². The summed E-state index contributed by atoms with van der Waals surface area (Å²) in [7, 11) is 0. The van der Waals surface area contributed by atoms with Crippen LogP contribution in [0.25, 0.3) is 0 Å². The van der Waals surface area contributed by atoms with Crippen LogP contribution in [0.4, 0.5) is 0 Å². The van der Waals surface area contributed by atoms with E-state index < -0.39 is 17.8 Å². The molecule has 0 aromatic heterocycles. The molecular weight excluding hydrogens is 456 g/mol. The highest BCUT2D eigenvalue weighted by atomic mass is 16.7. The minimum absolute atomic E-state index is 0.0244. The lowest BCUT2D eigenvalue weighted by atomic mass is 10.2. The first kappa shape index (κ1) is 34.2. The van der Waals surface area contributed by atoms with Crippen LogP contribution >= 0.6 is 0 Å². The number of nitrogens with zero attached hydrogens (tertiary/aromatic N) is 2. The molecule has 35 heavy (non-hydrogen) atoms. The Hall–Kier alpha value is -2.98. The van der Waals surface area contributed by atoms with Crippen molar-refractivity contribution < 1.29 is 33.6 Å². The molecule has 0 spiro atoms. The van der Waals surface area contributed by atoms with Crippen molar-refractivity contribution in [2.45, 2.75) is 92.9 Å². The summed E-state index contributed by atoms with van der Waals surface area (Å²) in [5.41, 5.74) is 0. The van der Waals surface area contributed by atoms with Gasteiger partial charge >= 0.3 is 5.97 Å². The van der Waals surface area contributed by atoms with Crippen molar-refractivity contribution in [2.24, 2.45) is 0 Å². The monoisotopic (exact) mass is 500 g/mol. The number of hydroxylamine groups is 2. The fourth-order valence-corrected chi connectivity index (χ4v) is 2.78. The molecule has 1 heterocycles. The van der Waals surface area contributed by atoms with Gasteiger partial charge < -0.3 is 20.4 Å². The van der Waals surface area contributed by atoms with E-state index in [0.29, 0.717) is 56.9 Å². The second-order valence-electron chi connectivity index (χ2n) is 7.04. The predicted octanol–water partition coefficient (Wildman–Crippen LogP) is 2.09. The van der Waals surface area contributed by atoms with Crippen molar-refractivity contribution in [3.8, 4) is 0 Å². The Morgan fingerprint density at radius 2 is 1.23 bits per heavy atom. The molecule has 0 radical (unpaired) electrons. The highest BCUT2D eigenvalue weighted by molar-refractivity contribution is 6.01. The fourth-order valence-electron chi connectivity index (χ4n) is 2.78. The van der Waals surface area contributed by atoms with Crippen LogP contribution in [0.1, 0.15) is 92.9 Å². The third kappa shape index (κ3) is 15.5. The molecule has 0 unspecified atom stereocenters. The molecule has 0 atom stereocenters. The molecule has 0 aromatic rings. The van der Waals surface area contributed by atoms with Gasteiger partial charge in [-0.2, -0.15) is 0 Å². The van der Waals surface area contributed by atoms with Gasteiger partial charge in [-0.05, 0) is 12.8 Å². The molecule has 1 fully saturated rings. The summed E-state index contributed by atoms with van der Waals surface area (Å²) >= 11 is 0. The summed E-state index contributed by atoms with van der Waals surface area (Å²) in [4.78, 5) is 76.3. The van der Waals surface area contributed by atoms with Crippen LogP contribution in [0, 0.1) is 0 Å². The van der Waals surface area contributed by atoms with Crippen LogP contribution in [0.3, 0.4) is 0 Å². The van der Waals surface area contributed by atoms with E-state index in [4.69, 9.17) is 4.84 Å². The minimum Gasteiger partial charge on any atom is -0.354 e. The average Bonchev–Trinajstić information content (AvgIpc) is 3.19. The molecule has 0 aliphatic carbocycles. The number of imide groups is 1. The second kappa shape index (κ2) is 21.5. The summed E-state index contributed by atoms with van der Waals surface area (Å²) in [6.07, 6.45) is 1.70. The van der Waals surface area contributed by atoms with Crippen LogP contribution < -0.4 is 10.6 Å². The summed E-state index contributed by atoms with van der Waals surface area (Å²) in [6, 6.07) is 0. The lowest BCUT2D eigenvalue weighted by Crippen LogP contribution is -2.42. The van der Waals surface area contributed by atoms with Crippen molar-refractivity contribution in [3.63, 3.8) is 0 Å². The maximum absolute atomic E-state index is 12.5. The highest BCUT2D eigenvalue weighted by Gasteiger charge is 2.32. The Morgan fingerprint density at radius 3 is 1.66 bits per heavy atom. The average molecular weight is 501 g/mol. The van der Waals surface area contributed by atoms with Gasteiger partial charge in [-0.1, -0.05) is 41.5 Å². The largest absolute Gasteiger partial charge is 0.354 e. The summed E-state index contributed by atoms with van der Waals surface area (Å²) < 4.78 is 0. The molecule has 11 nitrogen and oxygen atoms in total. The number of hydrogen-bond acceptors (Lipinski definition) is 7. The first-order valence-corrected chi connectivity index (χ1v) is 12.7. The summed E-state index contributed by atoms with van der Waals surface area (Å²) in [5.74, 6) is -2.14. The molecule has 0 bridgehead atoms. The van der Waals surface area contributed by atoms with Crippen molar-refractivity contribution in [1.82, 2.24) is 20.6 Å². The number of amides is 5. The van der Waals surface area contributed by atoms with E-state index in [1.54, 1.807) is 18.7 Å². The SMILES string of the molecule is CC.CC.CCC(=O)NCCN(CCNC(=O)CC)C(=O)CCCCC(=O)ON1C(=O)CCC1=O. The van der Waals surface area contributed by atoms with Crippen LogP contribution in [0.2, 0.25) is 0 Å². The van der Waals surface area contributed by atoms with E-state index in [1.165, 1.54) is 0 Å². The smallest absolute Gasteiger partial charge is 0.333 e. The minimum atomic E-state index is -0.697. The molecule has 0 saturated carbocycles. The molecule has 1 rings (SSSR count). The normalized spacial score (nSPS) is 12.0. The first-order valence-electron chi connectivity index (χ1n) is 12.7. The zero-order valence-corrected chi connectivity index (χ0v) is 22.2. The van der Waals surface area contributed by atoms with Crippen molar-refractivity contribution in [1.29, 1.82) is 0 Å². The Balaban J connectivity index is 0. The molecule has 1 aliphatic rings. The topological polar surface area (TPSA) is 142 Å². The van der Waals surface area contributed by atoms with E-state index >= 15 is 0 Å². The molecule has 202 valence electrons. The van der Waals surface area contributed by atoms with Crippen LogP contribution in [-0.4, -0.2) is 71.6 Å². The van der Waals surface area contributed by atoms with E-state index in [1.807, 2.05) is 27.7 Å². The van der Waals surface area contributed by atoms with Gasteiger partial charge in [0.15, 0.2) is 0 Å². The first-order chi connectivity index (χ1) is 16.8. The molecule has 5 amide bonds. The van der Waals surface area contributed by atoms with Crippen LogP contribution in [0.15, 0.2) is 0 Å². The molecule has 1 saturated heterocycles. The third-order valence-corrected chi connectivity index (χ3v) is 4.62. The van der Waals surface area contributed by atoms with Crippen molar-refractivity contribution in [2.75, 3.05) is 26.2 Å². The van der Waals surface area contributed by atoms with Gasteiger partial charge in [-0.25, -0.2) is 4.79 Å². The molecule has 0 aromatic carbocycles. The van der Waals surface area contributed by atoms with Crippen molar-refractivity contribution in [3.05, 3.63) is 0 Å². The number of rotatable bonds is 14. The zero-order valence-electron chi connectivity index (χ0n) is 22.2. The third-order valence-electron chi connectivity index (χ3n) is 4.62. The Bertz CT molecular complexity index is 645. The van der Waals surface area contributed by atoms with E-state index in [0.717, 1.165) is 0 Å². The van der Waals surface area contributed by atoms with Crippen molar-refractivity contribution >= 4 is 35.5 Å². The van der Waals surface area contributed by atoms with Gasteiger partial charge in [-0.15, -0.1) is 5.06 Å². The van der Waals surface area contributed by atoms with E-state index in [-0.39, 0.29) is 43.4 Å². The number of nitrogens with one attached hydrogen (secondary N) is 2. The maximum Gasteiger partial charge on any atom is 0.333 e.